The highest BCUT2D eigenvalue weighted by Crippen LogP contribution is 2.53. The Labute approximate surface area is 215 Å². The minimum Gasteiger partial charge on any atom is -0.462 e. The summed E-state index contributed by atoms with van der Waals surface area (Å²) in [4.78, 5) is 44.5. The predicted molar refractivity (Wildman–Crippen MR) is 137 cm³/mol. The van der Waals surface area contributed by atoms with Gasteiger partial charge >= 0.3 is 5.97 Å². The zero-order valence-corrected chi connectivity index (χ0v) is 20.7. The molecule has 8 heteroatoms. The number of allylic oxidation sites excluding steroid dienone is 1. The van der Waals surface area contributed by atoms with Gasteiger partial charge in [0, 0.05) is 18.8 Å². The summed E-state index contributed by atoms with van der Waals surface area (Å²) >= 11 is 0. The number of aliphatic hydroxyl groups excluding tert-OH is 1. The van der Waals surface area contributed by atoms with Crippen LogP contribution in [0.1, 0.15) is 19.8 Å². The standard InChI is InChI=1S/C29H30N2O6/c1-18-7-2-5-10-22-23(28(35)36-18)24-26(33)31(15-16-32)25-27(34)30(14-6-13-29(24,25)37-22)21-12-11-19-8-3-4-9-20(19)17-21/h3-6,8-13,17-18,22-25,32H,2,7,14-16H2,1H3/b10-5-/t18?,22-,23?,24+,25-,29?/m1/s1. The van der Waals surface area contributed by atoms with E-state index in [-0.39, 0.29) is 31.1 Å². The summed E-state index contributed by atoms with van der Waals surface area (Å²) in [6.45, 7) is 1.78. The van der Waals surface area contributed by atoms with Crippen molar-refractivity contribution >= 4 is 34.2 Å². The molecular weight excluding hydrogens is 472 g/mol. The number of esters is 1. The van der Waals surface area contributed by atoms with Crippen molar-refractivity contribution in [2.75, 3.05) is 24.6 Å². The number of hydrogen-bond acceptors (Lipinski definition) is 6. The Hall–Kier alpha value is -3.49. The summed E-state index contributed by atoms with van der Waals surface area (Å²) in [7, 11) is 0. The van der Waals surface area contributed by atoms with Crippen LogP contribution in [0.4, 0.5) is 5.69 Å². The van der Waals surface area contributed by atoms with E-state index in [0.29, 0.717) is 18.7 Å². The lowest BCUT2D eigenvalue weighted by Crippen LogP contribution is -2.55. The summed E-state index contributed by atoms with van der Waals surface area (Å²) in [5.41, 5.74) is -0.630. The molecular formula is C29H30N2O6. The molecule has 2 saturated heterocycles. The number of rotatable bonds is 3. The van der Waals surface area contributed by atoms with E-state index < -0.39 is 35.6 Å². The number of amides is 2. The highest BCUT2D eigenvalue weighted by atomic mass is 16.6. The summed E-state index contributed by atoms with van der Waals surface area (Å²) in [6, 6.07) is 12.7. The number of aliphatic hydroxyl groups is 1. The first-order valence-corrected chi connectivity index (χ1v) is 12.9. The summed E-state index contributed by atoms with van der Waals surface area (Å²) in [5.74, 6) is -2.96. The molecule has 1 N–H and O–H groups in total. The van der Waals surface area contributed by atoms with Gasteiger partial charge in [0.25, 0.3) is 5.91 Å². The monoisotopic (exact) mass is 502 g/mol. The van der Waals surface area contributed by atoms with Gasteiger partial charge in [0.15, 0.2) is 0 Å². The van der Waals surface area contributed by atoms with Crippen molar-refractivity contribution in [1.29, 1.82) is 0 Å². The minimum atomic E-state index is -1.34. The van der Waals surface area contributed by atoms with Gasteiger partial charge in [0.1, 0.15) is 17.6 Å². The average Bonchev–Trinajstić information content (AvgIpc) is 3.28. The van der Waals surface area contributed by atoms with E-state index in [1.165, 1.54) is 4.90 Å². The lowest BCUT2D eigenvalue weighted by Gasteiger charge is -2.35. The molecule has 192 valence electrons. The molecule has 4 aliphatic rings. The number of ether oxygens (including phenoxy) is 2. The van der Waals surface area contributed by atoms with E-state index >= 15 is 0 Å². The average molecular weight is 503 g/mol. The van der Waals surface area contributed by atoms with Gasteiger partial charge in [0.05, 0.1) is 24.7 Å². The van der Waals surface area contributed by atoms with Gasteiger partial charge in [-0.2, -0.15) is 0 Å². The number of benzene rings is 2. The molecule has 6 rings (SSSR count). The zero-order chi connectivity index (χ0) is 25.7. The van der Waals surface area contributed by atoms with Crippen molar-refractivity contribution in [2.24, 2.45) is 11.8 Å². The zero-order valence-electron chi connectivity index (χ0n) is 20.7. The largest absolute Gasteiger partial charge is 0.462 e. The lowest BCUT2D eigenvalue weighted by atomic mass is 9.78. The van der Waals surface area contributed by atoms with Crippen LogP contribution in [-0.4, -0.2) is 71.3 Å². The number of cyclic esters (lactones) is 1. The Kier molecular flexibility index (Phi) is 5.88. The molecule has 0 aliphatic carbocycles. The van der Waals surface area contributed by atoms with Crippen LogP contribution in [0.2, 0.25) is 0 Å². The normalized spacial score (nSPS) is 34.2. The van der Waals surface area contributed by atoms with Crippen LogP contribution in [0.5, 0.6) is 0 Å². The molecule has 4 aliphatic heterocycles. The topological polar surface area (TPSA) is 96.4 Å². The SMILES string of the molecule is CC1CC/C=C\[C@H]2OC34C=CCN(c5ccc6ccccc6c5)C(=O)[C@H]3N(CCO)C(=O)[C@@H]4C2C(=O)O1. The summed E-state index contributed by atoms with van der Waals surface area (Å²) in [6.07, 6.45) is 7.86. The van der Waals surface area contributed by atoms with Crippen molar-refractivity contribution in [3.63, 3.8) is 0 Å². The number of nitrogens with zero attached hydrogens (tertiary/aromatic N) is 2. The van der Waals surface area contributed by atoms with E-state index in [1.54, 1.807) is 11.0 Å². The minimum absolute atomic E-state index is 0.0328. The molecule has 8 nitrogen and oxygen atoms in total. The third-order valence-electron chi connectivity index (χ3n) is 8.03. The molecule has 0 saturated carbocycles. The third-order valence-corrected chi connectivity index (χ3v) is 8.03. The fourth-order valence-electron chi connectivity index (χ4n) is 6.37. The summed E-state index contributed by atoms with van der Waals surface area (Å²) in [5, 5.41) is 11.9. The number of hydrogen-bond donors (Lipinski definition) is 1. The van der Waals surface area contributed by atoms with Gasteiger partial charge in [0.2, 0.25) is 5.91 Å². The van der Waals surface area contributed by atoms with Crippen molar-refractivity contribution < 1.29 is 29.0 Å². The second kappa shape index (κ2) is 9.11. The van der Waals surface area contributed by atoms with E-state index in [9.17, 15) is 19.5 Å². The molecule has 0 radical (unpaired) electrons. The highest BCUT2D eigenvalue weighted by Gasteiger charge is 2.71. The number of carbonyl (C=O) groups excluding carboxylic acids is 3. The van der Waals surface area contributed by atoms with Gasteiger partial charge in [-0.15, -0.1) is 0 Å². The molecule has 3 unspecified atom stereocenters. The van der Waals surface area contributed by atoms with Crippen molar-refractivity contribution in [2.45, 2.75) is 43.6 Å². The number of likely N-dealkylation sites (tertiary alicyclic amines) is 1. The maximum Gasteiger partial charge on any atom is 0.313 e. The van der Waals surface area contributed by atoms with Gasteiger partial charge in [-0.3, -0.25) is 14.4 Å². The van der Waals surface area contributed by atoms with Crippen LogP contribution in [0.3, 0.4) is 0 Å². The molecule has 37 heavy (non-hydrogen) atoms. The smallest absolute Gasteiger partial charge is 0.313 e. The number of carbonyl (C=O) groups is 3. The quantitative estimate of drug-likeness (QED) is 0.512. The first-order valence-electron chi connectivity index (χ1n) is 12.9. The van der Waals surface area contributed by atoms with E-state index in [1.807, 2.05) is 67.6 Å². The molecule has 2 aromatic rings. The number of anilines is 1. The molecule has 2 aromatic carbocycles. The van der Waals surface area contributed by atoms with E-state index in [2.05, 4.69) is 0 Å². The third kappa shape index (κ3) is 3.69. The predicted octanol–water partition coefficient (Wildman–Crippen LogP) is 2.60. The van der Waals surface area contributed by atoms with Crippen LogP contribution in [0.15, 0.2) is 66.8 Å². The van der Waals surface area contributed by atoms with E-state index in [4.69, 9.17) is 9.47 Å². The van der Waals surface area contributed by atoms with Crippen LogP contribution < -0.4 is 4.90 Å². The van der Waals surface area contributed by atoms with Gasteiger partial charge in [-0.25, -0.2) is 0 Å². The van der Waals surface area contributed by atoms with E-state index in [0.717, 1.165) is 17.2 Å². The van der Waals surface area contributed by atoms with Crippen molar-refractivity contribution in [1.82, 2.24) is 4.90 Å². The van der Waals surface area contributed by atoms with Gasteiger partial charge in [-0.1, -0.05) is 54.6 Å². The fraction of sp³-hybridized carbons (Fsp3) is 0.414. The molecule has 6 atom stereocenters. The molecule has 0 bridgehead atoms. The Balaban J connectivity index is 1.44. The molecule has 4 heterocycles. The molecule has 2 fully saturated rings. The molecule has 1 spiro atoms. The lowest BCUT2D eigenvalue weighted by molar-refractivity contribution is -0.158. The van der Waals surface area contributed by atoms with Crippen molar-refractivity contribution in [3.8, 4) is 0 Å². The Bertz CT molecular complexity index is 1320. The van der Waals surface area contributed by atoms with Crippen LogP contribution in [0, 0.1) is 11.8 Å². The Morgan fingerprint density at radius 2 is 1.86 bits per heavy atom. The maximum absolute atomic E-state index is 14.3. The first-order chi connectivity index (χ1) is 17.9. The second-order valence-corrected chi connectivity index (χ2v) is 10.2. The van der Waals surface area contributed by atoms with Gasteiger partial charge < -0.3 is 24.4 Å². The first kappa shape index (κ1) is 23.9. The second-order valence-electron chi connectivity index (χ2n) is 10.2. The molecule has 2 amide bonds. The van der Waals surface area contributed by atoms with Crippen LogP contribution in [-0.2, 0) is 23.9 Å². The summed E-state index contributed by atoms with van der Waals surface area (Å²) < 4.78 is 12.3. The van der Waals surface area contributed by atoms with Crippen LogP contribution >= 0.6 is 0 Å². The Morgan fingerprint density at radius 1 is 1.05 bits per heavy atom. The van der Waals surface area contributed by atoms with Crippen molar-refractivity contribution in [3.05, 3.63) is 66.8 Å². The maximum atomic E-state index is 14.3. The molecule has 0 aromatic heterocycles. The highest BCUT2D eigenvalue weighted by molar-refractivity contribution is 6.06. The Morgan fingerprint density at radius 3 is 2.68 bits per heavy atom. The fourth-order valence-corrected chi connectivity index (χ4v) is 6.37. The van der Waals surface area contributed by atoms with Crippen LogP contribution in [0.25, 0.3) is 10.8 Å². The van der Waals surface area contributed by atoms with Gasteiger partial charge in [-0.05, 0) is 42.7 Å². The number of β-amino-alcohol motifs (C(OH)–C–C–N with tert-alkyl or cyclic N) is 1. The number of fused-ring (bicyclic) bond motifs is 3.